The third-order valence-corrected chi connectivity index (χ3v) is 4.39. The second kappa shape index (κ2) is 10.1. The summed E-state index contributed by atoms with van der Waals surface area (Å²) in [5, 5.41) is 11.0. The van der Waals surface area contributed by atoms with E-state index >= 15 is 0 Å². The van der Waals surface area contributed by atoms with Crippen LogP contribution in [0.1, 0.15) is 23.0 Å². The number of benzene rings is 2. The normalized spacial score (nSPS) is 10.7. The van der Waals surface area contributed by atoms with Crippen molar-refractivity contribution in [1.29, 1.82) is 0 Å². The van der Waals surface area contributed by atoms with Crippen LogP contribution in [0.3, 0.4) is 0 Å². The number of carbonyl (C=O) groups is 1. The number of nitrogens with zero attached hydrogens (tertiary/aromatic N) is 2. The second-order valence-corrected chi connectivity index (χ2v) is 6.24. The molecule has 2 N–H and O–H groups in total. The van der Waals surface area contributed by atoms with E-state index < -0.39 is 5.91 Å². The van der Waals surface area contributed by atoms with Gasteiger partial charge in [0, 0.05) is 17.2 Å². The zero-order chi connectivity index (χ0) is 22.2. The Hall–Kier alpha value is -4.01. The summed E-state index contributed by atoms with van der Waals surface area (Å²) in [5.74, 6) is 1.82. The highest BCUT2D eigenvalue weighted by Gasteiger charge is 2.14. The van der Waals surface area contributed by atoms with E-state index in [0.717, 1.165) is 5.56 Å². The third kappa shape index (κ3) is 4.95. The molecule has 0 saturated carbocycles. The Bertz CT molecular complexity index is 1080. The van der Waals surface area contributed by atoms with Crippen LogP contribution in [0.2, 0.25) is 0 Å². The quantitative estimate of drug-likeness (QED) is 0.403. The molecule has 1 amide bonds. The number of H-pyrrole nitrogens is 1. The maximum atomic E-state index is 12.5. The van der Waals surface area contributed by atoms with E-state index in [1.807, 2.05) is 31.2 Å². The molecule has 0 aliphatic carbocycles. The van der Waals surface area contributed by atoms with Crippen LogP contribution in [0.15, 0.2) is 47.6 Å². The minimum atomic E-state index is -0.441. The SMILES string of the molecule is CCOc1ccccc1-c1cc(C(=O)NN=Cc2cc(OC)c(OC)cc2OC)[nH]n1. The van der Waals surface area contributed by atoms with E-state index in [2.05, 4.69) is 20.7 Å². The third-order valence-electron chi connectivity index (χ3n) is 4.39. The monoisotopic (exact) mass is 424 g/mol. The zero-order valence-corrected chi connectivity index (χ0v) is 17.8. The molecule has 2 aromatic carbocycles. The maximum Gasteiger partial charge on any atom is 0.289 e. The Kier molecular flexibility index (Phi) is 7.10. The Labute approximate surface area is 180 Å². The summed E-state index contributed by atoms with van der Waals surface area (Å²) >= 11 is 0. The number of nitrogens with one attached hydrogen (secondary N) is 2. The average molecular weight is 424 g/mol. The lowest BCUT2D eigenvalue weighted by molar-refractivity contribution is 0.0950. The van der Waals surface area contributed by atoms with Gasteiger partial charge in [-0.05, 0) is 31.2 Å². The Morgan fingerprint density at radius 3 is 2.45 bits per heavy atom. The fourth-order valence-corrected chi connectivity index (χ4v) is 2.91. The van der Waals surface area contributed by atoms with Crippen LogP contribution in [-0.2, 0) is 0 Å². The molecule has 0 radical (unpaired) electrons. The molecule has 0 aliphatic rings. The summed E-state index contributed by atoms with van der Waals surface area (Å²) in [6.07, 6.45) is 1.46. The Morgan fingerprint density at radius 1 is 1.03 bits per heavy atom. The fraction of sp³-hybridized carbons (Fsp3) is 0.227. The molecule has 3 aromatic rings. The number of para-hydroxylation sites is 1. The molecule has 31 heavy (non-hydrogen) atoms. The predicted molar refractivity (Wildman–Crippen MR) is 116 cm³/mol. The smallest absolute Gasteiger partial charge is 0.289 e. The van der Waals surface area contributed by atoms with Crippen molar-refractivity contribution >= 4 is 12.1 Å². The predicted octanol–water partition coefficient (Wildman–Crippen LogP) is 3.27. The molecule has 0 saturated heterocycles. The van der Waals surface area contributed by atoms with Crippen molar-refractivity contribution in [3.63, 3.8) is 0 Å². The van der Waals surface area contributed by atoms with E-state index in [9.17, 15) is 4.79 Å². The molecule has 0 atom stereocenters. The summed E-state index contributed by atoms with van der Waals surface area (Å²) in [7, 11) is 4.60. The van der Waals surface area contributed by atoms with Crippen molar-refractivity contribution < 1.29 is 23.7 Å². The molecule has 0 aliphatic heterocycles. The van der Waals surface area contributed by atoms with Crippen LogP contribution in [0.4, 0.5) is 0 Å². The summed E-state index contributed by atoms with van der Waals surface area (Å²) in [6, 6.07) is 12.5. The van der Waals surface area contributed by atoms with Crippen molar-refractivity contribution in [1.82, 2.24) is 15.6 Å². The van der Waals surface area contributed by atoms with Crippen molar-refractivity contribution in [2.45, 2.75) is 6.92 Å². The zero-order valence-electron chi connectivity index (χ0n) is 17.8. The number of hydrogen-bond donors (Lipinski definition) is 2. The number of rotatable bonds is 9. The van der Waals surface area contributed by atoms with Crippen LogP contribution >= 0.6 is 0 Å². The first-order valence-electron chi connectivity index (χ1n) is 9.52. The van der Waals surface area contributed by atoms with Gasteiger partial charge >= 0.3 is 0 Å². The Morgan fingerprint density at radius 2 is 1.74 bits per heavy atom. The summed E-state index contributed by atoms with van der Waals surface area (Å²) in [4.78, 5) is 12.5. The number of aromatic nitrogens is 2. The van der Waals surface area contributed by atoms with Crippen LogP contribution in [0.5, 0.6) is 23.0 Å². The fourth-order valence-electron chi connectivity index (χ4n) is 2.91. The van der Waals surface area contributed by atoms with Gasteiger partial charge in [0.25, 0.3) is 5.91 Å². The number of hydrogen-bond acceptors (Lipinski definition) is 7. The van der Waals surface area contributed by atoms with Gasteiger partial charge in [0.1, 0.15) is 17.2 Å². The molecular weight excluding hydrogens is 400 g/mol. The topological polar surface area (TPSA) is 107 Å². The molecule has 0 fully saturated rings. The number of aromatic amines is 1. The largest absolute Gasteiger partial charge is 0.496 e. The summed E-state index contributed by atoms with van der Waals surface area (Å²) in [6.45, 7) is 2.44. The first-order chi connectivity index (χ1) is 15.1. The molecule has 1 aromatic heterocycles. The summed E-state index contributed by atoms with van der Waals surface area (Å²) in [5.41, 5.74) is 4.73. The number of amides is 1. The van der Waals surface area contributed by atoms with Gasteiger partial charge in [0.2, 0.25) is 0 Å². The minimum absolute atomic E-state index is 0.262. The average Bonchev–Trinajstić information content (AvgIpc) is 3.29. The summed E-state index contributed by atoms with van der Waals surface area (Å²) < 4.78 is 21.5. The first kappa shape index (κ1) is 21.7. The van der Waals surface area contributed by atoms with Gasteiger partial charge in [-0.15, -0.1) is 0 Å². The van der Waals surface area contributed by atoms with Gasteiger partial charge < -0.3 is 18.9 Å². The second-order valence-electron chi connectivity index (χ2n) is 6.24. The van der Waals surface area contributed by atoms with E-state index in [1.165, 1.54) is 27.5 Å². The number of methoxy groups -OCH3 is 3. The van der Waals surface area contributed by atoms with Crippen molar-refractivity contribution in [2.24, 2.45) is 5.10 Å². The highest BCUT2D eigenvalue weighted by molar-refractivity contribution is 5.94. The van der Waals surface area contributed by atoms with E-state index in [-0.39, 0.29) is 5.69 Å². The molecule has 162 valence electrons. The van der Waals surface area contributed by atoms with E-state index in [1.54, 1.807) is 18.2 Å². The van der Waals surface area contributed by atoms with Gasteiger partial charge in [0.05, 0.1) is 39.8 Å². The van der Waals surface area contributed by atoms with Gasteiger partial charge in [-0.1, -0.05) is 12.1 Å². The molecular formula is C22H24N4O5. The molecule has 0 unspecified atom stereocenters. The molecule has 1 heterocycles. The standard InChI is InChI=1S/C22H24N4O5/c1-5-31-18-9-7-6-8-15(18)16-11-17(25-24-16)22(27)26-23-13-14-10-20(29-3)21(30-4)12-19(14)28-2/h6-13H,5H2,1-4H3,(H,24,25)(H,26,27). The van der Waals surface area contributed by atoms with Crippen LogP contribution in [-0.4, -0.2) is 50.3 Å². The van der Waals surface area contributed by atoms with Crippen LogP contribution in [0, 0.1) is 0 Å². The van der Waals surface area contributed by atoms with Crippen molar-refractivity contribution in [2.75, 3.05) is 27.9 Å². The highest BCUT2D eigenvalue weighted by Crippen LogP contribution is 2.33. The molecule has 3 rings (SSSR count). The van der Waals surface area contributed by atoms with Gasteiger partial charge in [-0.3, -0.25) is 9.89 Å². The Balaban J connectivity index is 1.75. The van der Waals surface area contributed by atoms with Crippen LogP contribution < -0.4 is 24.4 Å². The minimum Gasteiger partial charge on any atom is -0.496 e. The molecule has 0 spiro atoms. The van der Waals surface area contributed by atoms with Crippen LogP contribution in [0.25, 0.3) is 11.3 Å². The van der Waals surface area contributed by atoms with Crippen molar-refractivity contribution in [3.05, 3.63) is 53.7 Å². The molecule has 9 heteroatoms. The lowest BCUT2D eigenvalue weighted by Crippen LogP contribution is -2.18. The maximum absolute atomic E-state index is 12.5. The van der Waals surface area contributed by atoms with E-state index in [0.29, 0.717) is 40.9 Å². The number of carbonyl (C=O) groups excluding carboxylic acids is 1. The van der Waals surface area contributed by atoms with Gasteiger partial charge in [-0.2, -0.15) is 10.2 Å². The lowest BCUT2D eigenvalue weighted by atomic mass is 10.1. The molecule has 0 bridgehead atoms. The molecule has 9 nitrogen and oxygen atoms in total. The first-order valence-corrected chi connectivity index (χ1v) is 9.52. The van der Waals surface area contributed by atoms with Crippen molar-refractivity contribution in [3.8, 4) is 34.3 Å². The van der Waals surface area contributed by atoms with Gasteiger partial charge in [0.15, 0.2) is 11.5 Å². The highest BCUT2D eigenvalue weighted by atomic mass is 16.5. The number of ether oxygens (including phenoxy) is 4. The van der Waals surface area contributed by atoms with Gasteiger partial charge in [-0.25, -0.2) is 5.43 Å². The number of hydrazone groups is 1. The lowest BCUT2D eigenvalue weighted by Gasteiger charge is -2.11. The van der Waals surface area contributed by atoms with E-state index in [4.69, 9.17) is 18.9 Å².